The predicted octanol–water partition coefficient (Wildman–Crippen LogP) is 17.0. The van der Waals surface area contributed by atoms with Crippen molar-refractivity contribution in [3.8, 4) is 83.9 Å². The summed E-state index contributed by atoms with van der Waals surface area (Å²) in [7, 11) is 0. The van der Waals surface area contributed by atoms with E-state index < -0.39 is 0 Å². The van der Waals surface area contributed by atoms with Crippen LogP contribution in [0, 0.1) is 0 Å². The summed E-state index contributed by atoms with van der Waals surface area (Å²) >= 11 is 0. The molecule has 0 saturated carbocycles. The first-order valence-electron chi connectivity index (χ1n) is 24.5. The molecule has 10 aromatic carbocycles. The number of amides is 1. The zero-order valence-corrected chi connectivity index (χ0v) is 39.8. The van der Waals surface area contributed by atoms with Crippen LogP contribution in [0.1, 0.15) is 15.9 Å². The van der Waals surface area contributed by atoms with E-state index in [1.54, 1.807) is 29.2 Å². The van der Waals surface area contributed by atoms with Crippen molar-refractivity contribution in [1.29, 1.82) is 0 Å². The highest BCUT2D eigenvalue weighted by atomic mass is 16.3. The van der Waals surface area contributed by atoms with Gasteiger partial charge in [-0.15, -0.1) is 0 Å². The van der Waals surface area contributed by atoms with E-state index in [9.17, 15) is 9.90 Å². The lowest BCUT2D eigenvalue weighted by molar-refractivity contribution is 0.0982. The highest BCUT2D eigenvalue weighted by Crippen LogP contribution is 2.42. The van der Waals surface area contributed by atoms with Crippen LogP contribution in [0.3, 0.4) is 0 Å². The number of phenols is 1. The Balaban J connectivity index is 0.981. The Morgan fingerprint density at radius 2 is 0.753 bits per heavy atom. The van der Waals surface area contributed by atoms with Crippen molar-refractivity contribution in [2.45, 2.75) is 6.54 Å². The number of hydrogen-bond acceptors (Lipinski definition) is 4. The van der Waals surface area contributed by atoms with Crippen molar-refractivity contribution in [1.82, 2.24) is 9.97 Å². The number of para-hydroxylation sites is 4. The van der Waals surface area contributed by atoms with Gasteiger partial charge in [-0.1, -0.05) is 200 Å². The topological polar surface area (TPSA) is 66.3 Å². The molecule has 2 aromatic heterocycles. The first kappa shape index (κ1) is 44.5. The van der Waals surface area contributed by atoms with Crippen LogP contribution in [-0.4, -0.2) is 21.0 Å². The van der Waals surface area contributed by atoms with E-state index in [4.69, 9.17) is 9.97 Å². The van der Waals surface area contributed by atoms with Crippen LogP contribution in [0.25, 0.3) is 100.0 Å². The zero-order valence-electron chi connectivity index (χ0n) is 39.8. The van der Waals surface area contributed by atoms with E-state index in [1.807, 2.05) is 60.7 Å². The van der Waals surface area contributed by atoms with Crippen LogP contribution in [-0.2, 0) is 6.54 Å². The summed E-state index contributed by atoms with van der Waals surface area (Å²) in [5.41, 5.74) is 18.5. The molecule has 0 spiro atoms. The maximum atomic E-state index is 14.5. The smallest absolute Gasteiger partial charge is 0.262 e. The number of aromatic hydroxyl groups is 1. The van der Waals surface area contributed by atoms with E-state index in [0.29, 0.717) is 0 Å². The molecule has 73 heavy (non-hydrogen) atoms. The highest BCUT2D eigenvalue weighted by molar-refractivity contribution is 6.08. The Kier molecular flexibility index (Phi) is 11.9. The second-order valence-electron chi connectivity index (χ2n) is 18.2. The monoisotopic (exact) mass is 937 g/mol. The molecule has 0 aliphatic rings. The van der Waals surface area contributed by atoms with Crippen molar-refractivity contribution in [3.63, 3.8) is 0 Å². The van der Waals surface area contributed by atoms with Gasteiger partial charge in [-0.25, -0.2) is 9.97 Å². The summed E-state index contributed by atoms with van der Waals surface area (Å²) in [6, 6.07) is 91.1. The lowest BCUT2D eigenvalue weighted by Gasteiger charge is -2.25. The fourth-order valence-corrected chi connectivity index (χ4v) is 9.96. The third-order valence-electron chi connectivity index (χ3n) is 13.7. The Labute approximate surface area is 424 Å². The molecule has 12 rings (SSSR count). The maximum Gasteiger partial charge on any atom is 0.262 e. The zero-order chi connectivity index (χ0) is 49.1. The SMILES string of the molecule is O=C(c1ccccc1O)N(Cc1ccccc1-c1cc(-c2ccccc2-c2ccc(-c3ccc4ccccc4n3)cc2)cc(-c2ccccc2-c2ccc(-c3ccc4ccccc4n3)cc2)c1)c1ccccc1. The number of phenolic OH excluding ortho intramolecular Hbond substituents is 1. The maximum absolute atomic E-state index is 14.5. The van der Waals surface area contributed by atoms with Crippen molar-refractivity contribution in [3.05, 3.63) is 278 Å². The molecule has 0 bridgehead atoms. The third-order valence-corrected chi connectivity index (χ3v) is 13.7. The van der Waals surface area contributed by atoms with Gasteiger partial charge < -0.3 is 10.0 Å². The van der Waals surface area contributed by atoms with Gasteiger partial charge in [0.15, 0.2) is 0 Å². The second-order valence-corrected chi connectivity index (χ2v) is 18.2. The Bertz CT molecular complexity index is 3790. The predicted molar refractivity (Wildman–Crippen MR) is 300 cm³/mol. The molecule has 0 radical (unpaired) electrons. The summed E-state index contributed by atoms with van der Waals surface area (Å²) in [5.74, 6) is -0.349. The van der Waals surface area contributed by atoms with Crippen LogP contribution in [0.15, 0.2) is 267 Å². The summed E-state index contributed by atoms with van der Waals surface area (Å²) in [4.78, 5) is 26.2. The number of pyridine rings is 2. The van der Waals surface area contributed by atoms with E-state index in [1.165, 1.54) is 0 Å². The Hall–Kier alpha value is -9.71. The van der Waals surface area contributed by atoms with Crippen LogP contribution < -0.4 is 4.90 Å². The van der Waals surface area contributed by atoms with Gasteiger partial charge in [-0.2, -0.15) is 0 Å². The molecule has 0 aliphatic heterocycles. The standard InChI is InChI=1S/C68H47N3O2/c72-67-29-15-12-26-62(67)68(73)71(56-19-2-1-3-20-56)45-52-18-4-7-21-57(52)53-42-54(60-24-10-8-22-58(60)46-30-34-50(35-31-46)65-40-38-48-16-5-13-27-63(48)69-65)44-55(43-53)61-25-11-9-23-59(61)47-32-36-51(37-33-47)66-41-39-49-17-6-14-28-64(49)70-66/h1-44,72H,45H2. The number of nitrogens with zero attached hydrogens (tertiary/aromatic N) is 3. The minimum atomic E-state index is -0.291. The molecule has 0 fully saturated rings. The normalized spacial score (nSPS) is 11.2. The number of carbonyl (C=O) groups excluding carboxylic acids is 1. The lowest BCUT2D eigenvalue weighted by atomic mass is 9.86. The van der Waals surface area contributed by atoms with Crippen LogP contribution in [0.2, 0.25) is 0 Å². The summed E-state index contributed by atoms with van der Waals surface area (Å²) in [6.45, 7) is 0.261. The number of rotatable bonds is 11. The lowest BCUT2D eigenvalue weighted by Crippen LogP contribution is -2.30. The number of carbonyl (C=O) groups is 1. The number of aromatic nitrogens is 2. The average molecular weight is 938 g/mol. The van der Waals surface area contributed by atoms with Crippen LogP contribution in [0.4, 0.5) is 5.69 Å². The van der Waals surface area contributed by atoms with Crippen molar-refractivity contribution >= 4 is 33.4 Å². The Morgan fingerprint density at radius 1 is 0.356 bits per heavy atom. The van der Waals surface area contributed by atoms with Crippen LogP contribution >= 0.6 is 0 Å². The molecule has 0 saturated heterocycles. The van der Waals surface area contributed by atoms with Gasteiger partial charge in [0.2, 0.25) is 0 Å². The number of benzene rings is 10. The van der Waals surface area contributed by atoms with Gasteiger partial charge in [0, 0.05) is 27.6 Å². The number of fused-ring (bicyclic) bond motifs is 2. The van der Waals surface area contributed by atoms with Gasteiger partial charge in [0.25, 0.3) is 5.91 Å². The second kappa shape index (κ2) is 19.6. The average Bonchev–Trinajstić information content (AvgIpc) is 3.46. The highest BCUT2D eigenvalue weighted by Gasteiger charge is 2.23. The summed E-state index contributed by atoms with van der Waals surface area (Å²) < 4.78 is 0. The minimum absolute atomic E-state index is 0.0589. The van der Waals surface area contributed by atoms with Crippen molar-refractivity contribution in [2.24, 2.45) is 0 Å². The molecule has 0 atom stereocenters. The fraction of sp³-hybridized carbons (Fsp3) is 0.0147. The molecule has 1 amide bonds. The van der Waals surface area contributed by atoms with Gasteiger partial charge in [-0.3, -0.25) is 4.79 Å². The van der Waals surface area contributed by atoms with E-state index in [2.05, 4.69) is 182 Å². The van der Waals surface area contributed by atoms with Crippen molar-refractivity contribution < 1.29 is 9.90 Å². The summed E-state index contributed by atoms with van der Waals surface area (Å²) in [5, 5.41) is 13.1. The molecular formula is C68H47N3O2. The first-order chi connectivity index (χ1) is 36.0. The van der Waals surface area contributed by atoms with E-state index in [0.717, 1.165) is 111 Å². The van der Waals surface area contributed by atoms with E-state index in [-0.39, 0.29) is 23.8 Å². The fourth-order valence-electron chi connectivity index (χ4n) is 9.96. The largest absolute Gasteiger partial charge is 0.507 e. The van der Waals surface area contributed by atoms with Gasteiger partial charge in [0.1, 0.15) is 5.75 Å². The molecule has 2 heterocycles. The van der Waals surface area contributed by atoms with Gasteiger partial charge in [0.05, 0.1) is 34.5 Å². The summed E-state index contributed by atoms with van der Waals surface area (Å²) in [6.07, 6.45) is 0. The minimum Gasteiger partial charge on any atom is -0.507 e. The third kappa shape index (κ3) is 9.04. The molecule has 346 valence electrons. The molecule has 1 N–H and O–H groups in total. The van der Waals surface area contributed by atoms with Crippen LogP contribution in [0.5, 0.6) is 5.75 Å². The first-order valence-corrected chi connectivity index (χ1v) is 24.5. The Morgan fingerprint density at radius 3 is 1.27 bits per heavy atom. The number of hydrogen-bond donors (Lipinski definition) is 1. The molecule has 12 aromatic rings. The number of anilines is 1. The van der Waals surface area contributed by atoms with E-state index >= 15 is 0 Å². The van der Waals surface area contributed by atoms with Gasteiger partial charge >= 0.3 is 0 Å². The molecule has 0 unspecified atom stereocenters. The quantitative estimate of drug-likeness (QED) is 0.140. The molecule has 5 nitrogen and oxygen atoms in total. The van der Waals surface area contributed by atoms with Gasteiger partial charge in [-0.05, 0) is 128 Å². The molecular weight excluding hydrogens is 891 g/mol. The molecule has 0 aliphatic carbocycles. The van der Waals surface area contributed by atoms with Crippen molar-refractivity contribution in [2.75, 3.05) is 4.90 Å². The molecule has 5 heteroatoms.